The van der Waals surface area contributed by atoms with Gasteiger partial charge in [0.15, 0.2) is 0 Å². The maximum atomic E-state index is 12.1. The molecule has 4 rings (SSSR count). The Bertz CT molecular complexity index is 856. The molecule has 0 amide bonds. The first-order chi connectivity index (χ1) is 11.3. The Balaban J connectivity index is 1.94. The van der Waals surface area contributed by atoms with Crippen LogP contribution in [-0.2, 0) is 16.0 Å². The van der Waals surface area contributed by atoms with E-state index in [-0.39, 0.29) is 5.97 Å². The van der Waals surface area contributed by atoms with Crippen molar-refractivity contribution < 1.29 is 9.53 Å². The number of fused-ring (bicyclic) bond motifs is 4. The van der Waals surface area contributed by atoms with Crippen LogP contribution in [0.2, 0.25) is 0 Å². The highest BCUT2D eigenvalue weighted by molar-refractivity contribution is 6.24. The molecule has 2 aliphatic carbocycles. The van der Waals surface area contributed by atoms with E-state index in [0.29, 0.717) is 6.61 Å². The van der Waals surface area contributed by atoms with Crippen molar-refractivity contribution in [3.8, 4) is 0 Å². The maximum Gasteiger partial charge on any atom is 0.331 e. The van der Waals surface area contributed by atoms with Gasteiger partial charge in [-0.2, -0.15) is 0 Å². The third kappa shape index (κ3) is 2.22. The number of allylic oxidation sites excluding steroid dienone is 3. The summed E-state index contributed by atoms with van der Waals surface area (Å²) >= 11 is 0. The van der Waals surface area contributed by atoms with E-state index in [9.17, 15) is 4.79 Å². The number of carbonyl (C=O) groups is 1. The fourth-order valence-electron chi connectivity index (χ4n) is 3.67. The van der Waals surface area contributed by atoms with Gasteiger partial charge in [-0.25, -0.2) is 4.79 Å². The summed E-state index contributed by atoms with van der Waals surface area (Å²) in [4.78, 5) is 12.1. The van der Waals surface area contributed by atoms with Gasteiger partial charge in [0, 0.05) is 6.08 Å². The zero-order valence-electron chi connectivity index (χ0n) is 13.1. The van der Waals surface area contributed by atoms with E-state index in [2.05, 4.69) is 42.5 Å². The zero-order valence-corrected chi connectivity index (χ0v) is 13.1. The SMILES string of the molecule is CCOC(=O)/C=C1\C2=C(CCc3ccccc32)c2ccccc21. The lowest BCUT2D eigenvalue weighted by molar-refractivity contribution is -0.137. The van der Waals surface area contributed by atoms with Crippen molar-refractivity contribution in [2.75, 3.05) is 6.61 Å². The van der Waals surface area contributed by atoms with E-state index in [1.54, 1.807) is 6.08 Å². The van der Waals surface area contributed by atoms with Gasteiger partial charge in [-0.3, -0.25) is 0 Å². The Labute approximate surface area is 136 Å². The lowest BCUT2D eigenvalue weighted by Crippen LogP contribution is -2.04. The van der Waals surface area contributed by atoms with Crippen LogP contribution < -0.4 is 0 Å². The fourth-order valence-corrected chi connectivity index (χ4v) is 3.67. The van der Waals surface area contributed by atoms with Crippen molar-refractivity contribution in [2.24, 2.45) is 0 Å². The summed E-state index contributed by atoms with van der Waals surface area (Å²) in [6.45, 7) is 2.23. The van der Waals surface area contributed by atoms with Crippen LogP contribution in [0.1, 0.15) is 35.6 Å². The molecule has 0 atom stereocenters. The summed E-state index contributed by atoms with van der Waals surface area (Å²) in [5.74, 6) is -0.269. The monoisotopic (exact) mass is 302 g/mol. The fraction of sp³-hybridized carbons (Fsp3) is 0.190. The molecule has 0 spiro atoms. The first-order valence-electron chi connectivity index (χ1n) is 8.09. The molecule has 0 heterocycles. The summed E-state index contributed by atoms with van der Waals surface area (Å²) < 4.78 is 5.15. The normalized spacial score (nSPS) is 16.8. The third-order valence-corrected chi connectivity index (χ3v) is 4.59. The molecule has 0 unspecified atom stereocenters. The number of esters is 1. The molecule has 2 heteroatoms. The standard InChI is InChI=1S/C21H18O2/c1-2-23-20(22)13-19-17-10-6-5-9-16(17)18-12-11-14-7-3-4-8-15(14)21(18)19/h3-10,13H,2,11-12H2,1H3/b19-13-. The van der Waals surface area contributed by atoms with Gasteiger partial charge in [-0.1, -0.05) is 48.5 Å². The highest BCUT2D eigenvalue weighted by Crippen LogP contribution is 2.51. The number of rotatable bonds is 2. The third-order valence-electron chi connectivity index (χ3n) is 4.59. The van der Waals surface area contributed by atoms with E-state index in [1.807, 2.05) is 13.0 Å². The van der Waals surface area contributed by atoms with Gasteiger partial charge in [0.1, 0.15) is 0 Å². The van der Waals surface area contributed by atoms with Gasteiger partial charge in [0.2, 0.25) is 0 Å². The summed E-state index contributed by atoms with van der Waals surface area (Å²) in [7, 11) is 0. The molecule has 23 heavy (non-hydrogen) atoms. The second-order valence-electron chi connectivity index (χ2n) is 5.87. The van der Waals surface area contributed by atoms with Crippen molar-refractivity contribution >= 4 is 22.7 Å². The van der Waals surface area contributed by atoms with Crippen LogP contribution >= 0.6 is 0 Å². The topological polar surface area (TPSA) is 26.3 Å². The number of carbonyl (C=O) groups excluding carboxylic acids is 1. The Kier molecular flexibility index (Phi) is 3.38. The lowest BCUT2D eigenvalue weighted by atomic mass is 9.84. The van der Waals surface area contributed by atoms with Gasteiger partial charge < -0.3 is 4.74 Å². The van der Waals surface area contributed by atoms with Crippen molar-refractivity contribution in [3.63, 3.8) is 0 Å². The van der Waals surface area contributed by atoms with E-state index in [1.165, 1.54) is 27.8 Å². The van der Waals surface area contributed by atoms with Crippen LogP contribution in [-0.4, -0.2) is 12.6 Å². The van der Waals surface area contributed by atoms with Crippen molar-refractivity contribution in [1.82, 2.24) is 0 Å². The van der Waals surface area contributed by atoms with Gasteiger partial charge in [-0.05, 0) is 58.7 Å². The van der Waals surface area contributed by atoms with E-state index in [0.717, 1.165) is 24.0 Å². The number of hydrogen-bond acceptors (Lipinski definition) is 2. The van der Waals surface area contributed by atoms with E-state index >= 15 is 0 Å². The Hall–Kier alpha value is -2.61. The van der Waals surface area contributed by atoms with Crippen LogP contribution in [0.5, 0.6) is 0 Å². The minimum absolute atomic E-state index is 0.269. The number of benzene rings is 2. The summed E-state index contributed by atoms with van der Waals surface area (Å²) in [5, 5.41) is 0. The zero-order chi connectivity index (χ0) is 15.8. The van der Waals surface area contributed by atoms with Gasteiger partial charge >= 0.3 is 5.97 Å². The van der Waals surface area contributed by atoms with E-state index in [4.69, 9.17) is 4.74 Å². The number of aryl methyl sites for hydroxylation is 1. The molecule has 2 aromatic carbocycles. The predicted molar refractivity (Wildman–Crippen MR) is 92.6 cm³/mol. The smallest absolute Gasteiger partial charge is 0.331 e. The molecule has 0 saturated carbocycles. The molecule has 0 N–H and O–H groups in total. The first kappa shape index (κ1) is 14.0. The Morgan fingerprint density at radius 3 is 2.48 bits per heavy atom. The molecular formula is C21H18O2. The molecule has 2 aromatic rings. The van der Waals surface area contributed by atoms with Gasteiger partial charge in [0.25, 0.3) is 0 Å². The molecular weight excluding hydrogens is 284 g/mol. The summed E-state index contributed by atoms with van der Waals surface area (Å²) in [6, 6.07) is 16.9. The molecule has 0 bridgehead atoms. The predicted octanol–water partition coefficient (Wildman–Crippen LogP) is 4.50. The highest BCUT2D eigenvalue weighted by atomic mass is 16.5. The quantitative estimate of drug-likeness (QED) is 0.603. The largest absolute Gasteiger partial charge is 0.463 e. The van der Waals surface area contributed by atoms with Crippen molar-refractivity contribution in [2.45, 2.75) is 19.8 Å². The average Bonchev–Trinajstić information content (AvgIpc) is 2.90. The molecule has 2 nitrogen and oxygen atoms in total. The summed E-state index contributed by atoms with van der Waals surface area (Å²) in [6.07, 6.45) is 3.73. The Morgan fingerprint density at radius 1 is 1.00 bits per heavy atom. The minimum atomic E-state index is -0.269. The molecule has 0 fully saturated rings. The Morgan fingerprint density at radius 2 is 1.70 bits per heavy atom. The first-order valence-corrected chi connectivity index (χ1v) is 8.09. The maximum absolute atomic E-state index is 12.1. The average molecular weight is 302 g/mol. The molecule has 0 aliphatic heterocycles. The highest BCUT2D eigenvalue weighted by Gasteiger charge is 2.31. The van der Waals surface area contributed by atoms with Gasteiger partial charge in [-0.15, -0.1) is 0 Å². The summed E-state index contributed by atoms with van der Waals surface area (Å²) in [5.41, 5.74) is 8.57. The lowest BCUT2D eigenvalue weighted by Gasteiger charge is -2.19. The van der Waals surface area contributed by atoms with Crippen LogP contribution in [0.3, 0.4) is 0 Å². The van der Waals surface area contributed by atoms with Crippen molar-refractivity contribution in [1.29, 1.82) is 0 Å². The molecule has 2 aliphatic rings. The van der Waals surface area contributed by atoms with Crippen molar-refractivity contribution in [3.05, 3.63) is 76.9 Å². The number of hydrogen-bond donors (Lipinski definition) is 0. The van der Waals surface area contributed by atoms with Gasteiger partial charge in [0.05, 0.1) is 6.61 Å². The van der Waals surface area contributed by atoms with Crippen LogP contribution in [0.15, 0.2) is 54.6 Å². The van der Waals surface area contributed by atoms with Crippen LogP contribution in [0.4, 0.5) is 0 Å². The number of ether oxygens (including phenoxy) is 1. The second-order valence-corrected chi connectivity index (χ2v) is 5.87. The molecule has 0 radical (unpaired) electrons. The van der Waals surface area contributed by atoms with Crippen LogP contribution in [0, 0.1) is 0 Å². The molecule has 0 saturated heterocycles. The second kappa shape index (κ2) is 5.54. The minimum Gasteiger partial charge on any atom is -0.463 e. The molecule has 114 valence electrons. The van der Waals surface area contributed by atoms with Crippen LogP contribution in [0.25, 0.3) is 16.7 Å². The molecule has 0 aromatic heterocycles. The van der Waals surface area contributed by atoms with E-state index < -0.39 is 0 Å².